The van der Waals surface area contributed by atoms with E-state index in [1.165, 1.54) is 32.2 Å². The van der Waals surface area contributed by atoms with E-state index in [2.05, 4.69) is 0 Å². The maximum Gasteiger partial charge on any atom is 0.270 e. The minimum absolute atomic E-state index is 0.177. The van der Waals surface area contributed by atoms with Crippen molar-refractivity contribution in [1.82, 2.24) is 0 Å². The van der Waals surface area contributed by atoms with E-state index in [0.717, 1.165) is 6.92 Å². The highest BCUT2D eigenvalue weighted by Gasteiger charge is 2.25. The van der Waals surface area contributed by atoms with Gasteiger partial charge < -0.3 is 4.74 Å². The SMILES string of the molecule is COc1ccc(C(C)(F)F)cc1C(C)=O. The second kappa shape index (κ2) is 3.96. The fraction of sp³-hybridized carbons (Fsp3) is 0.364. The molecule has 0 heterocycles. The maximum absolute atomic E-state index is 13.0. The number of carbonyl (C=O) groups is 1. The smallest absolute Gasteiger partial charge is 0.270 e. The first kappa shape index (κ1) is 11.6. The molecule has 4 heteroatoms. The Morgan fingerprint density at radius 3 is 2.40 bits per heavy atom. The van der Waals surface area contributed by atoms with Gasteiger partial charge in [0.15, 0.2) is 5.78 Å². The van der Waals surface area contributed by atoms with Crippen molar-refractivity contribution in [2.75, 3.05) is 7.11 Å². The molecule has 0 saturated carbocycles. The highest BCUT2D eigenvalue weighted by atomic mass is 19.3. The lowest BCUT2D eigenvalue weighted by Gasteiger charge is -2.13. The summed E-state index contributed by atoms with van der Waals surface area (Å²) in [5.41, 5.74) is -0.00924. The van der Waals surface area contributed by atoms with Gasteiger partial charge in [0.2, 0.25) is 0 Å². The van der Waals surface area contributed by atoms with Crippen LogP contribution in [0, 0.1) is 0 Å². The summed E-state index contributed by atoms with van der Waals surface area (Å²) in [5, 5.41) is 0. The first-order chi connectivity index (χ1) is 6.86. The van der Waals surface area contributed by atoms with Crippen molar-refractivity contribution in [2.24, 2.45) is 0 Å². The molecule has 0 aliphatic heterocycles. The first-order valence-corrected chi connectivity index (χ1v) is 4.43. The number of Topliss-reactive ketones (excluding diaryl/α,β-unsaturated/α-hetero) is 1. The lowest BCUT2D eigenvalue weighted by atomic mass is 10.0. The Hall–Kier alpha value is -1.45. The molecular formula is C11H12F2O2. The monoisotopic (exact) mass is 214 g/mol. The van der Waals surface area contributed by atoms with E-state index in [4.69, 9.17) is 4.74 Å². The highest BCUT2D eigenvalue weighted by Crippen LogP contribution is 2.30. The molecule has 0 radical (unpaired) electrons. The van der Waals surface area contributed by atoms with Crippen molar-refractivity contribution in [2.45, 2.75) is 19.8 Å². The van der Waals surface area contributed by atoms with Crippen LogP contribution in [-0.2, 0) is 5.92 Å². The quantitative estimate of drug-likeness (QED) is 0.723. The number of rotatable bonds is 3. The fourth-order valence-electron chi connectivity index (χ4n) is 1.26. The van der Waals surface area contributed by atoms with Gasteiger partial charge in [-0.3, -0.25) is 4.79 Å². The third-order valence-corrected chi connectivity index (χ3v) is 2.09. The third-order valence-electron chi connectivity index (χ3n) is 2.09. The second-order valence-electron chi connectivity index (χ2n) is 3.36. The van der Waals surface area contributed by atoms with Crippen LogP contribution in [0.1, 0.15) is 29.8 Å². The van der Waals surface area contributed by atoms with E-state index >= 15 is 0 Å². The van der Waals surface area contributed by atoms with E-state index in [9.17, 15) is 13.6 Å². The van der Waals surface area contributed by atoms with Gasteiger partial charge in [0.25, 0.3) is 5.92 Å². The highest BCUT2D eigenvalue weighted by molar-refractivity contribution is 5.97. The number of ether oxygens (including phenoxy) is 1. The lowest BCUT2D eigenvalue weighted by molar-refractivity contribution is 0.0174. The van der Waals surface area contributed by atoms with Crippen LogP contribution in [0.4, 0.5) is 8.78 Å². The van der Waals surface area contributed by atoms with Crippen LogP contribution in [0.2, 0.25) is 0 Å². The first-order valence-electron chi connectivity index (χ1n) is 4.43. The normalized spacial score (nSPS) is 11.3. The van der Waals surface area contributed by atoms with E-state index < -0.39 is 5.92 Å². The Kier molecular flexibility index (Phi) is 3.07. The Bertz CT molecular complexity index is 381. The van der Waals surface area contributed by atoms with Crippen LogP contribution in [0.3, 0.4) is 0 Å². The number of benzene rings is 1. The Labute approximate surface area is 86.9 Å². The zero-order chi connectivity index (χ0) is 11.6. The van der Waals surface area contributed by atoms with E-state index in [1.807, 2.05) is 0 Å². The van der Waals surface area contributed by atoms with Gasteiger partial charge in [-0.1, -0.05) is 0 Å². The Morgan fingerprint density at radius 2 is 2.00 bits per heavy atom. The Balaban J connectivity index is 3.28. The van der Waals surface area contributed by atoms with Crippen molar-refractivity contribution in [3.63, 3.8) is 0 Å². The van der Waals surface area contributed by atoms with E-state index in [0.29, 0.717) is 5.75 Å². The molecule has 15 heavy (non-hydrogen) atoms. The summed E-state index contributed by atoms with van der Waals surface area (Å²) in [4.78, 5) is 11.2. The summed E-state index contributed by atoms with van der Waals surface area (Å²) >= 11 is 0. The van der Waals surface area contributed by atoms with Crippen molar-refractivity contribution in [1.29, 1.82) is 0 Å². The summed E-state index contributed by atoms with van der Waals surface area (Å²) in [7, 11) is 1.39. The van der Waals surface area contributed by atoms with Crippen molar-refractivity contribution < 1.29 is 18.3 Å². The molecule has 0 saturated heterocycles. The molecule has 0 atom stereocenters. The molecule has 1 aromatic rings. The van der Waals surface area contributed by atoms with Crippen LogP contribution in [0.15, 0.2) is 18.2 Å². The molecule has 0 amide bonds. The van der Waals surface area contributed by atoms with Crippen LogP contribution in [0.5, 0.6) is 5.75 Å². The molecule has 0 aromatic heterocycles. The molecule has 1 rings (SSSR count). The number of hydrogen-bond donors (Lipinski definition) is 0. The molecule has 0 aliphatic carbocycles. The molecule has 0 N–H and O–H groups in total. The van der Waals surface area contributed by atoms with Crippen LogP contribution in [0.25, 0.3) is 0 Å². The number of hydrogen-bond acceptors (Lipinski definition) is 2. The number of methoxy groups -OCH3 is 1. The number of halogens is 2. The van der Waals surface area contributed by atoms with Crippen molar-refractivity contribution in [3.8, 4) is 5.75 Å². The average molecular weight is 214 g/mol. The minimum Gasteiger partial charge on any atom is -0.496 e. The van der Waals surface area contributed by atoms with Crippen LogP contribution in [-0.4, -0.2) is 12.9 Å². The summed E-state index contributed by atoms with van der Waals surface area (Å²) in [6, 6.07) is 3.80. The van der Waals surface area contributed by atoms with Gasteiger partial charge in [-0.05, 0) is 25.1 Å². The predicted octanol–water partition coefficient (Wildman–Crippen LogP) is 3.01. The van der Waals surface area contributed by atoms with Gasteiger partial charge in [-0.15, -0.1) is 0 Å². The standard InChI is InChI=1S/C11H12F2O2/c1-7(14)9-6-8(11(2,12)13)4-5-10(9)15-3/h4-6H,1-3H3. The van der Waals surface area contributed by atoms with Gasteiger partial charge >= 0.3 is 0 Å². The molecule has 82 valence electrons. The Morgan fingerprint density at radius 1 is 1.40 bits per heavy atom. The summed E-state index contributed by atoms with van der Waals surface area (Å²) in [6.45, 7) is 2.11. The maximum atomic E-state index is 13.0. The van der Waals surface area contributed by atoms with E-state index in [1.54, 1.807) is 0 Å². The lowest BCUT2D eigenvalue weighted by Crippen LogP contribution is -2.09. The molecule has 2 nitrogen and oxygen atoms in total. The van der Waals surface area contributed by atoms with Crippen molar-refractivity contribution >= 4 is 5.78 Å². The topological polar surface area (TPSA) is 26.3 Å². The zero-order valence-electron chi connectivity index (χ0n) is 8.80. The molecule has 0 aliphatic rings. The zero-order valence-corrected chi connectivity index (χ0v) is 8.80. The van der Waals surface area contributed by atoms with Gasteiger partial charge in [-0.25, -0.2) is 8.78 Å². The fourth-order valence-corrected chi connectivity index (χ4v) is 1.26. The molecular weight excluding hydrogens is 202 g/mol. The third kappa shape index (κ3) is 2.52. The van der Waals surface area contributed by atoms with Gasteiger partial charge in [0, 0.05) is 12.5 Å². The van der Waals surface area contributed by atoms with Crippen LogP contribution < -0.4 is 4.74 Å². The summed E-state index contributed by atoms with van der Waals surface area (Å²) in [5.74, 6) is -2.93. The predicted molar refractivity (Wildman–Crippen MR) is 52.6 cm³/mol. The second-order valence-corrected chi connectivity index (χ2v) is 3.36. The minimum atomic E-state index is -2.95. The summed E-state index contributed by atoms with van der Waals surface area (Å²) < 4.78 is 30.9. The molecule has 0 spiro atoms. The number of ketones is 1. The molecule has 1 aromatic carbocycles. The van der Waals surface area contributed by atoms with Gasteiger partial charge in [-0.2, -0.15) is 0 Å². The van der Waals surface area contributed by atoms with Crippen molar-refractivity contribution in [3.05, 3.63) is 29.3 Å². The molecule has 0 bridgehead atoms. The van der Waals surface area contributed by atoms with E-state index in [-0.39, 0.29) is 16.9 Å². The number of alkyl halides is 2. The average Bonchev–Trinajstić information content (AvgIpc) is 2.15. The molecule has 0 fully saturated rings. The van der Waals surface area contributed by atoms with Crippen LogP contribution >= 0.6 is 0 Å². The number of carbonyl (C=O) groups excluding carboxylic acids is 1. The molecule has 0 unspecified atom stereocenters. The summed E-state index contributed by atoms with van der Waals surface area (Å²) in [6.07, 6.45) is 0. The van der Waals surface area contributed by atoms with Gasteiger partial charge in [0.1, 0.15) is 5.75 Å². The van der Waals surface area contributed by atoms with Gasteiger partial charge in [0.05, 0.1) is 12.7 Å². The largest absolute Gasteiger partial charge is 0.496 e.